The number of hydrogen-bond donors (Lipinski definition) is 0. The van der Waals surface area contributed by atoms with Crippen LogP contribution in [0.4, 0.5) is 0 Å². The van der Waals surface area contributed by atoms with Crippen LogP contribution in [0.3, 0.4) is 0 Å². The zero-order chi connectivity index (χ0) is 41.1. The Morgan fingerprint density at radius 2 is 0.500 bits per heavy atom. The van der Waals surface area contributed by atoms with Gasteiger partial charge in [-0.25, -0.2) is 0 Å². The quantitative estimate of drug-likeness (QED) is 0.163. The summed E-state index contributed by atoms with van der Waals surface area (Å²) in [5.41, 5.74) is 25.9. The zero-order valence-electron chi connectivity index (χ0n) is 34.6. The minimum absolute atomic E-state index is 1.22. The lowest BCUT2D eigenvalue weighted by Gasteiger charge is -2.23. The number of benzene rings is 11. The molecule has 0 saturated carbocycles. The van der Waals surface area contributed by atoms with Crippen molar-refractivity contribution < 1.29 is 0 Å². The van der Waals surface area contributed by atoms with Gasteiger partial charge in [0.05, 0.1) is 0 Å². The molecule has 0 unspecified atom stereocenters. The van der Waals surface area contributed by atoms with Gasteiger partial charge in [0.1, 0.15) is 0 Å². The molecule has 0 N–H and O–H groups in total. The van der Waals surface area contributed by atoms with Crippen LogP contribution >= 0.6 is 0 Å². The fourth-order valence-corrected chi connectivity index (χ4v) is 11.3. The number of hydrogen-bond acceptors (Lipinski definition) is 0. The van der Waals surface area contributed by atoms with Crippen molar-refractivity contribution >= 4 is 32.3 Å². The summed E-state index contributed by atoms with van der Waals surface area (Å²) in [5.74, 6) is 0. The Kier molecular flexibility index (Phi) is 7.54. The maximum absolute atomic E-state index is 2.47. The van der Waals surface area contributed by atoms with Gasteiger partial charge in [-0.15, -0.1) is 0 Å². The van der Waals surface area contributed by atoms with Gasteiger partial charge in [-0.2, -0.15) is 0 Å². The Balaban J connectivity index is 1.22. The van der Waals surface area contributed by atoms with Crippen LogP contribution in [-0.4, -0.2) is 0 Å². The summed E-state index contributed by atoms with van der Waals surface area (Å²) in [4.78, 5) is 0. The van der Waals surface area contributed by atoms with E-state index in [1.807, 2.05) is 0 Å². The normalized spacial score (nSPS) is 12.0. The minimum Gasteiger partial charge on any atom is -0.0622 e. The molecule has 0 nitrogen and oxygen atoms in total. The van der Waals surface area contributed by atoms with Gasteiger partial charge >= 0.3 is 0 Å². The minimum atomic E-state index is 1.22. The largest absolute Gasteiger partial charge is 0.0622 e. The van der Waals surface area contributed by atoms with Crippen LogP contribution in [0.5, 0.6) is 0 Å². The summed E-state index contributed by atoms with van der Waals surface area (Å²) in [6.45, 7) is 4.53. The maximum atomic E-state index is 2.47. The molecular weight excluding hydrogens is 745 g/mol. The van der Waals surface area contributed by atoms with Crippen LogP contribution in [0.1, 0.15) is 11.1 Å². The van der Waals surface area contributed by atoms with Crippen molar-refractivity contribution in [1.29, 1.82) is 0 Å². The van der Waals surface area contributed by atoms with Crippen molar-refractivity contribution in [3.8, 4) is 100 Å². The van der Waals surface area contributed by atoms with Crippen LogP contribution in [0.2, 0.25) is 0 Å². The molecule has 0 heterocycles. The smallest absolute Gasteiger partial charge is 0.000718 e. The first kappa shape index (κ1) is 35.0. The van der Waals surface area contributed by atoms with Gasteiger partial charge in [-0.3, -0.25) is 0 Å². The summed E-state index contributed by atoms with van der Waals surface area (Å²) in [6, 6.07) is 77.0. The van der Waals surface area contributed by atoms with Gasteiger partial charge in [0.25, 0.3) is 0 Å². The maximum Gasteiger partial charge on any atom is -0.000718 e. The molecule has 0 aromatic heterocycles. The van der Waals surface area contributed by atoms with Gasteiger partial charge in [-0.05, 0) is 157 Å². The molecule has 11 aromatic carbocycles. The molecule has 11 aromatic rings. The van der Waals surface area contributed by atoms with E-state index in [2.05, 4.69) is 220 Å². The van der Waals surface area contributed by atoms with Crippen molar-refractivity contribution in [2.45, 2.75) is 13.8 Å². The van der Waals surface area contributed by atoms with E-state index < -0.39 is 0 Å². The highest BCUT2D eigenvalue weighted by Crippen LogP contribution is 2.65. The standard InChI is InChI=1S/C62H40/c1-37-19-9-11-25-41(37)54-47-31-17-18-32-48(47)55(42-26-12-10-20-38(42)2)61-51-35-36-52-57-49(33-34-50(58(51)57)60(54)61)59-53(40-23-7-4-8-24-40)45-29-15-16-30-46(45)56(62(52)59)44-28-14-13-27-43(44)39-21-5-3-6-22-39/h3-36H,1-2H3. The summed E-state index contributed by atoms with van der Waals surface area (Å²) in [6.07, 6.45) is 0. The molecule has 0 atom stereocenters. The molecule has 13 rings (SSSR count). The molecule has 288 valence electrons. The molecular formula is C62H40. The van der Waals surface area contributed by atoms with E-state index in [1.165, 1.54) is 144 Å². The van der Waals surface area contributed by atoms with Crippen molar-refractivity contribution in [2.75, 3.05) is 0 Å². The lowest BCUT2D eigenvalue weighted by atomic mass is 9.80. The third-order valence-electron chi connectivity index (χ3n) is 13.8. The Labute approximate surface area is 362 Å². The SMILES string of the molecule is Cc1ccccc1-c1c2c(c(-c3ccccc3C)c3ccccc13)-c1ccc3c4c(ccc-2c14)-c1c-3c(-c2ccccc2-c2ccccc2)c2ccccc2c1-c1ccccc1. The third-order valence-corrected chi connectivity index (χ3v) is 13.8. The third kappa shape index (κ3) is 4.78. The lowest BCUT2D eigenvalue weighted by molar-refractivity contribution is 1.46. The summed E-state index contributed by atoms with van der Waals surface area (Å²) in [7, 11) is 0. The molecule has 0 heteroatoms. The molecule has 0 bridgehead atoms. The number of rotatable bonds is 5. The van der Waals surface area contributed by atoms with Crippen LogP contribution < -0.4 is 0 Å². The fraction of sp³-hybridized carbons (Fsp3) is 0.0323. The van der Waals surface area contributed by atoms with E-state index in [-0.39, 0.29) is 0 Å². The van der Waals surface area contributed by atoms with Gasteiger partial charge in [0.15, 0.2) is 0 Å². The summed E-state index contributed by atoms with van der Waals surface area (Å²) < 4.78 is 0. The van der Waals surface area contributed by atoms with Crippen molar-refractivity contribution in [2.24, 2.45) is 0 Å². The fourth-order valence-electron chi connectivity index (χ4n) is 11.3. The Morgan fingerprint density at radius 1 is 0.194 bits per heavy atom. The Morgan fingerprint density at radius 3 is 0.935 bits per heavy atom. The topological polar surface area (TPSA) is 0 Å². The predicted octanol–water partition coefficient (Wildman–Crippen LogP) is 17.4. The van der Waals surface area contributed by atoms with Crippen LogP contribution in [0.15, 0.2) is 206 Å². The second kappa shape index (κ2) is 13.4. The molecule has 0 aliphatic heterocycles. The average Bonchev–Trinajstić information content (AvgIpc) is 3.83. The van der Waals surface area contributed by atoms with Crippen LogP contribution in [0, 0.1) is 13.8 Å². The second-order valence-corrected chi connectivity index (χ2v) is 17.1. The van der Waals surface area contributed by atoms with Crippen LogP contribution in [0.25, 0.3) is 132 Å². The lowest BCUT2D eigenvalue weighted by Crippen LogP contribution is -1.96. The first-order valence-electron chi connectivity index (χ1n) is 21.8. The first-order chi connectivity index (χ1) is 30.7. The molecule has 0 fully saturated rings. The second-order valence-electron chi connectivity index (χ2n) is 17.1. The van der Waals surface area contributed by atoms with E-state index in [4.69, 9.17) is 0 Å². The molecule has 0 saturated heterocycles. The van der Waals surface area contributed by atoms with E-state index in [1.54, 1.807) is 0 Å². The average molecular weight is 785 g/mol. The first-order valence-corrected chi connectivity index (χ1v) is 21.8. The van der Waals surface area contributed by atoms with E-state index in [9.17, 15) is 0 Å². The molecule has 0 spiro atoms. The van der Waals surface area contributed by atoms with Crippen molar-refractivity contribution in [3.63, 3.8) is 0 Å². The van der Waals surface area contributed by atoms with Crippen LogP contribution in [-0.2, 0) is 0 Å². The molecule has 0 radical (unpaired) electrons. The molecule has 2 aliphatic rings. The molecule has 62 heavy (non-hydrogen) atoms. The van der Waals surface area contributed by atoms with E-state index in [0.29, 0.717) is 0 Å². The molecule has 2 aliphatic carbocycles. The summed E-state index contributed by atoms with van der Waals surface area (Å²) >= 11 is 0. The monoisotopic (exact) mass is 784 g/mol. The van der Waals surface area contributed by atoms with Crippen molar-refractivity contribution in [3.05, 3.63) is 217 Å². The van der Waals surface area contributed by atoms with Crippen molar-refractivity contribution in [1.82, 2.24) is 0 Å². The highest BCUT2D eigenvalue weighted by Gasteiger charge is 2.37. The highest BCUT2D eigenvalue weighted by atomic mass is 14.4. The van der Waals surface area contributed by atoms with Gasteiger partial charge < -0.3 is 0 Å². The van der Waals surface area contributed by atoms with Gasteiger partial charge in [-0.1, -0.05) is 206 Å². The van der Waals surface area contributed by atoms with Gasteiger partial charge in [0, 0.05) is 0 Å². The molecule has 0 amide bonds. The number of aryl methyl sites for hydroxylation is 2. The number of fused-ring (bicyclic) bond motifs is 8. The predicted molar refractivity (Wildman–Crippen MR) is 264 cm³/mol. The summed E-state index contributed by atoms with van der Waals surface area (Å²) in [5, 5.41) is 7.84. The Bertz CT molecular complexity index is 3580. The van der Waals surface area contributed by atoms with E-state index in [0.717, 1.165) is 0 Å². The Hall–Kier alpha value is -7.80. The van der Waals surface area contributed by atoms with Gasteiger partial charge in [0.2, 0.25) is 0 Å². The highest BCUT2D eigenvalue weighted by molar-refractivity contribution is 6.35. The zero-order valence-corrected chi connectivity index (χ0v) is 34.6. The van der Waals surface area contributed by atoms with E-state index >= 15 is 0 Å².